The Morgan fingerprint density at radius 3 is 1.83 bits per heavy atom. The molecule has 1 N–H and O–H groups in total. The van der Waals surface area contributed by atoms with E-state index in [0.29, 0.717) is 19.8 Å². The van der Waals surface area contributed by atoms with Gasteiger partial charge >= 0.3 is 0 Å². The maximum Gasteiger partial charge on any atom is 0.261 e. The first kappa shape index (κ1) is 26.8. The van der Waals surface area contributed by atoms with E-state index < -0.39 is 14.4 Å². The van der Waals surface area contributed by atoms with Crippen LogP contribution in [0.15, 0.2) is 115 Å². The predicted molar refractivity (Wildman–Crippen MR) is 149 cm³/mol. The Bertz CT molecular complexity index is 1000. The summed E-state index contributed by atoms with van der Waals surface area (Å²) in [5, 5.41) is 12.8. The first-order valence-corrected chi connectivity index (χ1v) is 14.2. The third-order valence-corrected chi connectivity index (χ3v) is 11.1. The number of aliphatic hydroxyl groups is 1. The van der Waals surface area contributed by atoms with Gasteiger partial charge < -0.3 is 14.3 Å². The lowest BCUT2D eigenvalue weighted by Gasteiger charge is -2.43. The molecule has 3 nitrogen and oxygen atoms in total. The number of hydrogen-bond donors (Lipinski definition) is 1. The van der Waals surface area contributed by atoms with E-state index in [0.717, 1.165) is 12.0 Å². The Balaban J connectivity index is 1.56. The van der Waals surface area contributed by atoms with Crippen LogP contribution in [0.1, 0.15) is 32.8 Å². The average molecular weight is 487 g/mol. The second-order valence-electron chi connectivity index (χ2n) is 9.65. The fraction of sp³-hybridized carbons (Fsp3) is 0.290. The van der Waals surface area contributed by atoms with Crippen LogP contribution in [-0.2, 0) is 15.8 Å². The van der Waals surface area contributed by atoms with Gasteiger partial charge in [-0.2, -0.15) is 0 Å². The highest BCUT2D eigenvalue weighted by molar-refractivity contribution is 6.99. The molecule has 184 valence electrons. The zero-order valence-corrected chi connectivity index (χ0v) is 22.1. The molecule has 3 rings (SSSR count). The number of rotatable bonds is 12. The lowest BCUT2D eigenvalue weighted by Crippen LogP contribution is -2.66. The minimum atomic E-state index is -2.51. The van der Waals surface area contributed by atoms with Gasteiger partial charge in [0, 0.05) is 6.61 Å². The van der Waals surface area contributed by atoms with Crippen molar-refractivity contribution in [1.29, 1.82) is 0 Å². The number of ether oxygens (including phenoxy) is 1. The fourth-order valence-corrected chi connectivity index (χ4v) is 8.93. The van der Waals surface area contributed by atoms with E-state index in [-0.39, 0.29) is 5.04 Å². The summed E-state index contributed by atoms with van der Waals surface area (Å²) in [6.07, 6.45) is 7.52. The summed E-state index contributed by atoms with van der Waals surface area (Å²) < 4.78 is 12.5. The molecule has 0 fully saturated rings. The maximum absolute atomic E-state index is 10.2. The van der Waals surface area contributed by atoms with Gasteiger partial charge in [0.15, 0.2) is 0 Å². The molecule has 0 spiro atoms. The molecule has 0 aliphatic rings. The maximum atomic E-state index is 10.2. The Morgan fingerprint density at radius 1 is 0.771 bits per heavy atom. The first-order valence-electron chi connectivity index (χ1n) is 12.3. The van der Waals surface area contributed by atoms with Crippen LogP contribution in [-0.4, -0.2) is 32.7 Å². The van der Waals surface area contributed by atoms with Crippen molar-refractivity contribution in [2.75, 3.05) is 13.2 Å². The largest absolute Gasteiger partial charge is 0.407 e. The predicted octanol–water partition coefficient (Wildman–Crippen LogP) is 5.64. The number of aliphatic hydroxyl groups excluding tert-OH is 1. The Kier molecular flexibility index (Phi) is 10.2. The first-order chi connectivity index (χ1) is 16.9. The summed E-state index contributed by atoms with van der Waals surface area (Å²) >= 11 is 0. The van der Waals surface area contributed by atoms with Crippen molar-refractivity contribution in [2.45, 2.75) is 44.9 Å². The molecule has 0 saturated carbocycles. The Hall–Kier alpha value is -2.76. The van der Waals surface area contributed by atoms with Gasteiger partial charge in [-0.15, -0.1) is 0 Å². The molecule has 0 bridgehead atoms. The van der Waals surface area contributed by atoms with Gasteiger partial charge in [0.25, 0.3) is 8.32 Å². The van der Waals surface area contributed by atoms with Crippen molar-refractivity contribution in [1.82, 2.24) is 0 Å². The summed E-state index contributed by atoms with van der Waals surface area (Å²) in [4.78, 5) is 0. The Morgan fingerprint density at radius 2 is 1.29 bits per heavy atom. The SMILES string of the molecule is CC(C)(C)[Si](OCC/C=C\C(O)/C=C/COCc1ccccc1)(c1ccccc1)c1ccccc1. The second-order valence-corrected chi connectivity index (χ2v) is 14.0. The summed E-state index contributed by atoms with van der Waals surface area (Å²) in [5.41, 5.74) is 1.14. The highest BCUT2D eigenvalue weighted by atomic mass is 28.4. The number of benzene rings is 3. The van der Waals surface area contributed by atoms with Gasteiger partial charge in [-0.25, -0.2) is 0 Å². The van der Waals surface area contributed by atoms with Crippen LogP contribution in [0, 0.1) is 0 Å². The molecule has 0 amide bonds. The van der Waals surface area contributed by atoms with Gasteiger partial charge in [-0.3, -0.25) is 0 Å². The van der Waals surface area contributed by atoms with Crippen LogP contribution in [0.2, 0.25) is 5.04 Å². The average Bonchev–Trinajstić information content (AvgIpc) is 2.87. The molecule has 4 heteroatoms. The normalized spacial score (nSPS) is 13.5. The molecule has 0 heterocycles. The van der Waals surface area contributed by atoms with Crippen molar-refractivity contribution in [3.05, 3.63) is 121 Å². The van der Waals surface area contributed by atoms with Gasteiger partial charge in [0.2, 0.25) is 0 Å². The molecule has 0 aromatic heterocycles. The summed E-state index contributed by atoms with van der Waals surface area (Å²) in [5.74, 6) is 0. The van der Waals surface area contributed by atoms with E-state index in [9.17, 15) is 5.11 Å². The van der Waals surface area contributed by atoms with E-state index in [1.54, 1.807) is 6.08 Å². The molecular formula is C31H38O3Si. The molecule has 3 aromatic rings. The highest BCUT2D eigenvalue weighted by Crippen LogP contribution is 2.36. The standard InChI is InChI=1S/C31H38O3Si/c1-31(2,3)35(29-20-9-5-10-21-29,30-22-11-6-12-23-30)34-25-14-13-18-28(32)19-15-24-33-26-27-16-7-4-8-17-27/h4-13,15-23,28,32H,14,24-26H2,1-3H3/b18-13-,19-15+. The summed E-state index contributed by atoms with van der Waals surface area (Å²) in [6, 6.07) is 31.4. The molecule has 1 unspecified atom stereocenters. The van der Waals surface area contributed by atoms with Crippen LogP contribution in [0.25, 0.3) is 0 Å². The smallest absolute Gasteiger partial charge is 0.261 e. The fourth-order valence-electron chi connectivity index (χ4n) is 4.36. The Labute approximate surface area is 211 Å². The third-order valence-electron chi connectivity index (χ3n) is 6.01. The van der Waals surface area contributed by atoms with Crippen LogP contribution < -0.4 is 10.4 Å². The van der Waals surface area contributed by atoms with E-state index in [4.69, 9.17) is 9.16 Å². The monoisotopic (exact) mass is 486 g/mol. The van der Waals surface area contributed by atoms with Crippen molar-refractivity contribution < 1.29 is 14.3 Å². The van der Waals surface area contributed by atoms with Crippen molar-refractivity contribution in [3.63, 3.8) is 0 Å². The topological polar surface area (TPSA) is 38.7 Å². The van der Waals surface area contributed by atoms with E-state index in [1.807, 2.05) is 48.6 Å². The molecule has 0 radical (unpaired) electrons. The molecule has 0 saturated heterocycles. The van der Waals surface area contributed by atoms with Crippen LogP contribution in [0.4, 0.5) is 0 Å². The summed E-state index contributed by atoms with van der Waals surface area (Å²) in [7, 11) is -2.51. The van der Waals surface area contributed by atoms with Crippen molar-refractivity contribution >= 4 is 18.7 Å². The van der Waals surface area contributed by atoms with Crippen molar-refractivity contribution in [3.8, 4) is 0 Å². The molecule has 0 aliphatic heterocycles. The molecule has 0 aliphatic carbocycles. The zero-order valence-electron chi connectivity index (χ0n) is 21.1. The van der Waals surface area contributed by atoms with Gasteiger partial charge in [0.1, 0.15) is 0 Å². The number of hydrogen-bond acceptors (Lipinski definition) is 3. The highest BCUT2D eigenvalue weighted by Gasteiger charge is 2.49. The van der Waals surface area contributed by atoms with Crippen LogP contribution in [0.5, 0.6) is 0 Å². The van der Waals surface area contributed by atoms with Crippen LogP contribution >= 0.6 is 0 Å². The zero-order chi connectivity index (χ0) is 25.0. The minimum absolute atomic E-state index is 0.0403. The molecule has 35 heavy (non-hydrogen) atoms. The van der Waals surface area contributed by atoms with Gasteiger partial charge in [-0.05, 0) is 27.4 Å². The van der Waals surface area contributed by atoms with E-state index in [1.165, 1.54) is 10.4 Å². The van der Waals surface area contributed by atoms with Crippen LogP contribution in [0.3, 0.4) is 0 Å². The molecular weight excluding hydrogens is 448 g/mol. The van der Waals surface area contributed by atoms with Gasteiger partial charge in [0.05, 0.1) is 19.3 Å². The minimum Gasteiger partial charge on any atom is -0.407 e. The lowest BCUT2D eigenvalue weighted by molar-refractivity contribution is 0.148. The van der Waals surface area contributed by atoms with Crippen molar-refractivity contribution in [2.24, 2.45) is 0 Å². The molecule has 3 aromatic carbocycles. The second kappa shape index (κ2) is 13.4. The van der Waals surface area contributed by atoms with E-state index in [2.05, 4.69) is 81.4 Å². The summed E-state index contributed by atoms with van der Waals surface area (Å²) in [6.45, 7) is 8.48. The quantitative estimate of drug-likeness (QED) is 0.204. The third kappa shape index (κ3) is 7.61. The lowest BCUT2D eigenvalue weighted by atomic mass is 10.2. The van der Waals surface area contributed by atoms with E-state index >= 15 is 0 Å². The molecule has 1 atom stereocenters. The van der Waals surface area contributed by atoms with Gasteiger partial charge in [-0.1, -0.05) is 136 Å².